The number of carbonyl (C=O) groups excluding carboxylic acids is 1. The Bertz CT molecular complexity index is 409. The summed E-state index contributed by atoms with van der Waals surface area (Å²) in [5.74, 6) is -0.101. The number of benzene rings is 1. The number of nitrogens with two attached hydrogens (primary N) is 1. The number of hydrogen-bond acceptors (Lipinski definition) is 3. The zero-order chi connectivity index (χ0) is 15.0. The van der Waals surface area contributed by atoms with E-state index in [4.69, 9.17) is 10.5 Å². The normalized spacial score (nSPS) is 13.8. The molecule has 1 amide bonds. The summed E-state index contributed by atoms with van der Waals surface area (Å²) in [4.78, 5) is 12.1. The summed E-state index contributed by atoms with van der Waals surface area (Å²) >= 11 is 3.41. The quantitative estimate of drug-likeness (QED) is 0.714. The molecule has 0 aliphatic rings. The van der Waals surface area contributed by atoms with Crippen molar-refractivity contribution in [2.75, 3.05) is 13.7 Å². The largest absolute Gasteiger partial charge is 0.385 e. The number of rotatable bonds is 8. The Morgan fingerprint density at radius 1 is 1.40 bits per heavy atom. The maximum absolute atomic E-state index is 12.1. The molecule has 2 unspecified atom stereocenters. The van der Waals surface area contributed by atoms with Crippen molar-refractivity contribution in [1.82, 2.24) is 5.32 Å². The van der Waals surface area contributed by atoms with Crippen LogP contribution >= 0.6 is 15.9 Å². The van der Waals surface area contributed by atoms with Crippen LogP contribution in [0.2, 0.25) is 0 Å². The van der Waals surface area contributed by atoms with Gasteiger partial charge in [-0.1, -0.05) is 35.0 Å². The van der Waals surface area contributed by atoms with Crippen molar-refractivity contribution in [2.45, 2.75) is 38.3 Å². The van der Waals surface area contributed by atoms with Gasteiger partial charge in [-0.25, -0.2) is 0 Å². The van der Waals surface area contributed by atoms with Crippen molar-refractivity contribution in [2.24, 2.45) is 5.73 Å². The molecular weight excluding hydrogens is 320 g/mol. The predicted octanol–water partition coefficient (Wildman–Crippen LogP) is 2.77. The monoisotopic (exact) mass is 342 g/mol. The van der Waals surface area contributed by atoms with Crippen LogP contribution in [0.15, 0.2) is 28.7 Å². The molecule has 3 N–H and O–H groups in total. The first-order valence-corrected chi connectivity index (χ1v) is 7.68. The number of hydrogen-bond donors (Lipinski definition) is 2. The Balaban J connectivity index is 2.54. The van der Waals surface area contributed by atoms with Gasteiger partial charge in [-0.3, -0.25) is 4.79 Å². The molecule has 0 radical (unpaired) electrons. The van der Waals surface area contributed by atoms with Crippen molar-refractivity contribution >= 4 is 21.8 Å². The predicted molar refractivity (Wildman–Crippen MR) is 84.4 cm³/mol. The second kappa shape index (κ2) is 9.10. The van der Waals surface area contributed by atoms with Crippen molar-refractivity contribution in [3.05, 3.63) is 34.3 Å². The molecule has 0 saturated carbocycles. The highest BCUT2D eigenvalue weighted by Gasteiger charge is 2.17. The number of ether oxygens (including phenoxy) is 1. The van der Waals surface area contributed by atoms with Crippen molar-refractivity contribution < 1.29 is 9.53 Å². The van der Waals surface area contributed by atoms with Gasteiger partial charge in [-0.2, -0.15) is 0 Å². The lowest BCUT2D eigenvalue weighted by atomic mass is 10.0. The van der Waals surface area contributed by atoms with E-state index in [1.165, 1.54) is 0 Å². The Labute approximate surface area is 129 Å². The van der Waals surface area contributed by atoms with Gasteiger partial charge in [-0.05, 0) is 37.0 Å². The number of amides is 1. The van der Waals surface area contributed by atoms with Crippen LogP contribution in [0, 0.1) is 0 Å². The third kappa shape index (κ3) is 5.61. The zero-order valence-electron chi connectivity index (χ0n) is 12.1. The highest BCUT2D eigenvalue weighted by molar-refractivity contribution is 9.10. The van der Waals surface area contributed by atoms with Crippen molar-refractivity contribution in [3.8, 4) is 0 Å². The topological polar surface area (TPSA) is 64.4 Å². The number of halogens is 1. The molecule has 1 aromatic carbocycles. The molecule has 0 fully saturated rings. The van der Waals surface area contributed by atoms with Gasteiger partial charge < -0.3 is 15.8 Å². The minimum atomic E-state index is -0.477. The molecule has 1 rings (SSSR count). The van der Waals surface area contributed by atoms with Gasteiger partial charge >= 0.3 is 0 Å². The fourth-order valence-electron chi connectivity index (χ4n) is 1.97. The van der Waals surface area contributed by atoms with Gasteiger partial charge in [0, 0.05) is 18.2 Å². The smallest absolute Gasteiger partial charge is 0.237 e. The van der Waals surface area contributed by atoms with E-state index in [0.29, 0.717) is 13.0 Å². The molecule has 0 bridgehead atoms. The average molecular weight is 343 g/mol. The van der Waals surface area contributed by atoms with E-state index in [0.717, 1.165) is 22.9 Å². The summed E-state index contributed by atoms with van der Waals surface area (Å²) in [6.07, 6.45) is 2.26. The Morgan fingerprint density at radius 2 is 2.05 bits per heavy atom. The van der Waals surface area contributed by atoms with E-state index in [-0.39, 0.29) is 11.9 Å². The maximum Gasteiger partial charge on any atom is 0.237 e. The van der Waals surface area contributed by atoms with E-state index in [9.17, 15) is 4.79 Å². The molecular formula is C15H23BrN2O2. The van der Waals surface area contributed by atoms with Crippen LogP contribution in [0.1, 0.15) is 37.8 Å². The van der Waals surface area contributed by atoms with E-state index >= 15 is 0 Å². The lowest BCUT2D eigenvalue weighted by Gasteiger charge is -2.20. The minimum absolute atomic E-state index is 0.00377. The molecule has 0 aliphatic heterocycles. The molecule has 112 valence electrons. The fourth-order valence-corrected chi connectivity index (χ4v) is 2.24. The Morgan fingerprint density at radius 3 is 2.60 bits per heavy atom. The second-order valence-corrected chi connectivity index (χ2v) is 5.68. The Hall–Kier alpha value is -0.910. The van der Waals surface area contributed by atoms with Crippen molar-refractivity contribution in [1.29, 1.82) is 0 Å². The molecule has 0 spiro atoms. The van der Waals surface area contributed by atoms with Crippen LogP contribution in [0.3, 0.4) is 0 Å². The summed E-state index contributed by atoms with van der Waals surface area (Å²) in [6, 6.07) is 7.49. The standard InChI is InChI=1S/C15H23BrN2O2/c1-3-14(11-6-8-12(16)9-7-11)18-15(19)13(17)5-4-10-20-2/h6-9,13-14H,3-5,10,17H2,1-2H3,(H,18,19). The summed E-state index contributed by atoms with van der Waals surface area (Å²) in [7, 11) is 1.65. The van der Waals surface area contributed by atoms with Crippen LogP contribution in [0.25, 0.3) is 0 Å². The molecule has 0 aliphatic carbocycles. The van der Waals surface area contributed by atoms with Gasteiger partial charge in [0.25, 0.3) is 0 Å². The molecule has 0 aromatic heterocycles. The molecule has 20 heavy (non-hydrogen) atoms. The van der Waals surface area contributed by atoms with E-state index in [1.54, 1.807) is 7.11 Å². The van der Waals surface area contributed by atoms with Crippen LogP contribution in [0.4, 0.5) is 0 Å². The number of carbonyl (C=O) groups is 1. The molecule has 5 heteroatoms. The van der Waals surface area contributed by atoms with E-state index < -0.39 is 6.04 Å². The van der Waals surface area contributed by atoms with Gasteiger partial charge in [0.05, 0.1) is 12.1 Å². The van der Waals surface area contributed by atoms with E-state index in [1.807, 2.05) is 31.2 Å². The highest BCUT2D eigenvalue weighted by atomic mass is 79.9. The van der Waals surface area contributed by atoms with Gasteiger partial charge in [0.2, 0.25) is 5.91 Å². The van der Waals surface area contributed by atoms with Gasteiger partial charge in [0.15, 0.2) is 0 Å². The highest BCUT2D eigenvalue weighted by Crippen LogP contribution is 2.19. The number of methoxy groups -OCH3 is 1. The van der Waals surface area contributed by atoms with Gasteiger partial charge in [-0.15, -0.1) is 0 Å². The average Bonchev–Trinajstić information content (AvgIpc) is 2.45. The maximum atomic E-state index is 12.1. The molecule has 1 aromatic rings. The third-order valence-corrected chi connectivity index (χ3v) is 3.73. The fraction of sp³-hybridized carbons (Fsp3) is 0.533. The summed E-state index contributed by atoms with van der Waals surface area (Å²) in [5, 5.41) is 3.01. The summed E-state index contributed by atoms with van der Waals surface area (Å²) in [6.45, 7) is 2.67. The van der Waals surface area contributed by atoms with E-state index in [2.05, 4.69) is 21.2 Å². The van der Waals surface area contributed by atoms with Crippen LogP contribution in [-0.2, 0) is 9.53 Å². The first kappa shape index (κ1) is 17.1. The molecule has 2 atom stereocenters. The van der Waals surface area contributed by atoms with Crippen LogP contribution < -0.4 is 11.1 Å². The summed E-state index contributed by atoms with van der Waals surface area (Å²) < 4.78 is 5.99. The van der Waals surface area contributed by atoms with Crippen molar-refractivity contribution in [3.63, 3.8) is 0 Å². The first-order chi connectivity index (χ1) is 9.58. The lowest BCUT2D eigenvalue weighted by molar-refractivity contribution is -0.123. The molecule has 4 nitrogen and oxygen atoms in total. The van der Waals surface area contributed by atoms with Crippen LogP contribution in [0.5, 0.6) is 0 Å². The van der Waals surface area contributed by atoms with Crippen LogP contribution in [-0.4, -0.2) is 25.7 Å². The number of nitrogens with one attached hydrogen (secondary N) is 1. The van der Waals surface area contributed by atoms with Gasteiger partial charge in [0.1, 0.15) is 0 Å². The summed E-state index contributed by atoms with van der Waals surface area (Å²) in [5.41, 5.74) is 6.98. The first-order valence-electron chi connectivity index (χ1n) is 6.88. The zero-order valence-corrected chi connectivity index (χ0v) is 13.7. The third-order valence-electron chi connectivity index (χ3n) is 3.20. The Kier molecular flexibility index (Phi) is 7.80. The minimum Gasteiger partial charge on any atom is -0.385 e. The molecule has 0 saturated heterocycles. The molecule has 0 heterocycles. The SMILES string of the molecule is CCC(NC(=O)C(N)CCCOC)c1ccc(Br)cc1. The lowest BCUT2D eigenvalue weighted by Crippen LogP contribution is -2.42. The second-order valence-electron chi connectivity index (χ2n) is 4.76.